The van der Waals surface area contributed by atoms with Gasteiger partial charge in [-0.25, -0.2) is 4.79 Å². The molecule has 0 fully saturated rings. The van der Waals surface area contributed by atoms with E-state index >= 15 is 0 Å². The third kappa shape index (κ3) is 5.26. The number of nitrogens with one attached hydrogen (secondary N) is 1. The lowest BCUT2D eigenvalue weighted by molar-refractivity contribution is -0.145. The van der Waals surface area contributed by atoms with Crippen LogP contribution in [0.1, 0.15) is 18.5 Å². The van der Waals surface area contributed by atoms with Gasteiger partial charge in [0.05, 0.1) is 18.2 Å². The molecule has 0 spiro atoms. The number of nitrogens with zero attached hydrogens (tertiary/aromatic N) is 3. The number of rotatable bonds is 8. The van der Waals surface area contributed by atoms with Gasteiger partial charge in [-0.3, -0.25) is 0 Å². The van der Waals surface area contributed by atoms with Crippen molar-refractivity contribution >= 4 is 21.9 Å². The van der Waals surface area contributed by atoms with Gasteiger partial charge in [0.1, 0.15) is 11.8 Å². The Morgan fingerprint density at radius 2 is 2.33 bits per heavy atom. The quantitative estimate of drug-likeness (QED) is 0.254. The van der Waals surface area contributed by atoms with Gasteiger partial charge < -0.3 is 14.8 Å². The summed E-state index contributed by atoms with van der Waals surface area (Å²) in [7, 11) is 1.57. The average molecular weight is 357 g/mol. The fourth-order valence-electron chi connectivity index (χ4n) is 1.73. The molecule has 0 aliphatic heterocycles. The van der Waals surface area contributed by atoms with E-state index in [2.05, 4.69) is 31.3 Å². The SMILES string of the molecule is CCOC(=O)C(NCCN=[N+]=[N-])c1ccc(OC)c(Br)c1. The molecule has 0 amide bonds. The number of azide groups is 1. The van der Waals surface area contributed by atoms with Crippen molar-refractivity contribution in [1.82, 2.24) is 5.32 Å². The van der Waals surface area contributed by atoms with Gasteiger partial charge in [-0.05, 0) is 46.1 Å². The number of benzene rings is 1. The predicted octanol–water partition coefficient (Wildman–Crippen LogP) is 2.96. The largest absolute Gasteiger partial charge is 0.496 e. The number of halogens is 1. The fourth-order valence-corrected chi connectivity index (χ4v) is 2.29. The first kappa shape index (κ1) is 17.3. The molecule has 0 saturated carbocycles. The minimum absolute atomic E-state index is 0.254. The van der Waals surface area contributed by atoms with Crippen molar-refractivity contribution < 1.29 is 14.3 Å². The van der Waals surface area contributed by atoms with E-state index in [-0.39, 0.29) is 12.5 Å². The van der Waals surface area contributed by atoms with Gasteiger partial charge in [-0.2, -0.15) is 0 Å². The van der Waals surface area contributed by atoms with Crippen LogP contribution in [-0.2, 0) is 9.53 Å². The summed E-state index contributed by atoms with van der Waals surface area (Å²) >= 11 is 3.39. The number of hydrogen-bond acceptors (Lipinski definition) is 5. The molecule has 0 aromatic heterocycles. The summed E-state index contributed by atoms with van der Waals surface area (Å²) in [6.45, 7) is 2.67. The molecule has 21 heavy (non-hydrogen) atoms. The molecule has 0 aliphatic rings. The van der Waals surface area contributed by atoms with Crippen LogP contribution in [0.15, 0.2) is 27.8 Å². The van der Waals surface area contributed by atoms with Gasteiger partial charge in [0.25, 0.3) is 0 Å². The van der Waals surface area contributed by atoms with Crippen molar-refractivity contribution in [3.8, 4) is 5.75 Å². The Hall–Kier alpha value is -1.76. The summed E-state index contributed by atoms with van der Waals surface area (Å²) in [6.07, 6.45) is 0. The van der Waals surface area contributed by atoms with Gasteiger partial charge in [-0.15, -0.1) is 0 Å². The molecule has 1 unspecified atom stereocenters. The van der Waals surface area contributed by atoms with Crippen molar-refractivity contribution in [2.45, 2.75) is 13.0 Å². The maximum atomic E-state index is 12.0. The molecule has 1 aromatic carbocycles. The van der Waals surface area contributed by atoms with Crippen molar-refractivity contribution in [3.63, 3.8) is 0 Å². The van der Waals surface area contributed by atoms with Crippen molar-refractivity contribution in [2.75, 3.05) is 26.8 Å². The minimum Gasteiger partial charge on any atom is -0.496 e. The predicted molar refractivity (Wildman–Crippen MR) is 82.1 cm³/mol. The van der Waals surface area contributed by atoms with Crippen LogP contribution in [0, 0.1) is 0 Å². The van der Waals surface area contributed by atoms with Gasteiger partial charge in [0.2, 0.25) is 0 Å². The number of esters is 1. The van der Waals surface area contributed by atoms with Crippen LogP contribution in [-0.4, -0.2) is 32.8 Å². The van der Waals surface area contributed by atoms with Gasteiger partial charge in [0, 0.05) is 18.0 Å². The maximum Gasteiger partial charge on any atom is 0.327 e. The molecule has 1 rings (SSSR count). The zero-order valence-corrected chi connectivity index (χ0v) is 13.5. The highest BCUT2D eigenvalue weighted by molar-refractivity contribution is 9.10. The maximum absolute atomic E-state index is 12.0. The van der Waals surface area contributed by atoms with Gasteiger partial charge in [-0.1, -0.05) is 11.2 Å². The van der Waals surface area contributed by atoms with E-state index in [1.165, 1.54) is 0 Å². The third-order valence-corrected chi connectivity index (χ3v) is 3.27. The van der Waals surface area contributed by atoms with E-state index in [1.807, 2.05) is 0 Å². The van der Waals surface area contributed by atoms with E-state index in [0.29, 0.717) is 18.9 Å². The highest BCUT2D eigenvalue weighted by Gasteiger charge is 2.22. The van der Waals surface area contributed by atoms with Crippen LogP contribution in [0.3, 0.4) is 0 Å². The number of ether oxygens (including phenoxy) is 2. The number of carbonyl (C=O) groups excluding carboxylic acids is 1. The monoisotopic (exact) mass is 356 g/mol. The van der Waals surface area contributed by atoms with Crippen LogP contribution in [0.2, 0.25) is 0 Å². The Morgan fingerprint density at radius 3 is 2.90 bits per heavy atom. The molecule has 0 saturated heterocycles. The van der Waals surface area contributed by atoms with E-state index in [9.17, 15) is 4.79 Å². The Labute approximate surface area is 131 Å². The topological polar surface area (TPSA) is 96.3 Å². The fraction of sp³-hybridized carbons (Fsp3) is 0.462. The van der Waals surface area contributed by atoms with E-state index in [1.54, 1.807) is 32.2 Å². The Balaban J connectivity index is 2.91. The molecule has 0 aliphatic carbocycles. The Kier molecular flexibility index (Phi) is 7.60. The lowest BCUT2D eigenvalue weighted by Crippen LogP contribution is -2.32. The first-order valence-electron chi connectivity index (χ1n) is 6.38. The molecule has 1 aromatic rings. The summed E-state index contributed by atoms with van der Waals surface area (Å²) in [5.41, 5.74) is 8.99. The normalized spacial score (nSPS) is 11.4. The summed E-state index contributed by atoms with van der Waals surface area (Å²) in [5, 5.41) is 6.44. The van der Waals surface area contributed by atoms with E-state index in [4.69, 9.17) is 15.0 Å². The first-order valence-corrected chi connectivity index (χ1v) is 7.17. The molecule has 0 radical (unpaired) electrons. The van der Waals surface area contributed by atoms with Gasteiger partial charge in [0.15, 0.2) is 0 Å². The standard InChI is InChI=1S/C13H17BrN4O3/c1-3-21-13(19)12(16-6-7-17-18-15)9-4-5-11(20-2)10(14)8-9/h4-5,8,12,16H,3,6-7H2,1-2H3. The smallest absolute Gasteiger partial charge is 0.327 e. The van der Waals surface area contributed by atoms with Crippen molar-refractivity contribution in [2.24, 2.45) is 5.11 Å². The Bertz CT molecular complexity index is 532. The van der Waals surface area contributed by atoms with E-state index in [0.717, 1.165) is 10.0 Å². The lowest BCUT2D eigenvalue weighted by atomic mass is 10.1. The number of carbonyl (C=O) groups is 1. The molecule has 7 nitrogen and oxygen atoms in total. The highest BCUT2D eigenvalue weighted by Crippen LogP contribution is 2.28. The van der Waals surface area contributed by atoms with Crippen LogP contribution < -0.4 is 10.1 Å². The highest BCUT2D eigenvalue weighted by atomic mass is 79.9. The van der Waals surface area contributed by atoms with E-state index < -0.39 is 6.04 Å². The summed E-state index contributed by atoms with van der Waals surface area (Å²) in [6, 6.07) is 4.72. The second-order valence-corrected chi connectivity index (χ2v) is 4.84. The zero-order valence-electron chi connectivity index (χ0n) is 11.9. The van der Waals surface area contributed by atoms with Gasteiger partial charge >= 0.3 is 5.97 Å². The minimum atomic E-state index is -0.624. The second-order valence-electron chi connectivity index (χ2n) is 3.99. The van der Waals surface area contributed by atoms with Crippen molar-refractivity contribution in [3.05, 3.63) is 38.7 Å². The molecular weight excluding hydrogens is 340 g/mol. The molecule has 8 heteroatoms. The van der Waals surface area contributed by atoms with Crippen LogP contribution in [0.25, 0.3) is 10.4 Å². The summed E-state index contributed by atoms with van der Waals surface area (Å²) < 4.78 is 11.0. The zero-order chi connectivity index (χ0) is 15.7. The number of hydrogen-bond donors (Lipinski definition) is 1. The van der Waals surface area contributed by atoms with Crippen LogP contribution in [0.4, 0.5) is 0 Å². The summed E-state index contributed by atoms with van der Waals surface area (Å²) in [4.78, 5) is 14.7. The molecule has 114 valence electrons. The van der Waals surface area contributed by atoms with Crippen LogP contribution in [0.5, 0.6) is 5.75 Å². The second kappa shape index (κ2) is 9.23. The molecule has 1 atom stereocenters. The Morgan fingerprint density at radius 1 is 1.57 bits per heavy atom. The summed E-state index contributed by atoms with van der Waals surface area (Å²) in [5.74, 6) is 0.297. The van der Waals surface area contributed by atoms with Crippen molar-refractivity contribution in [1.29, 1.82) is 0 Å². The first-order chi connectivity index (χ1) is 10.1. The molecule has 0 heterocycles. The average Bonchev–Trinajstić information content (AvgIpc) is 2.47. The molecular formula is C13H17BrN4O3. The molecule has 0 bridgehead atoms. The number of methoxy groups -OCH3 is 1. The van der Waals surface area contributed by atoms with Crippen LogP contribution >= 0.6 is 15.9 Å². The lowest BCUT2D eigenvalue weighted by Gasteiger charge is -2.18. The third-order valence-electron chi connectivity index (χ3n) is 2.65. The molecule has 1 N–H and O–H groups in total.